The number of amides is 1. The summed E-state index contributed by atoms with van der Waals surface area (Å²) in [6.45, 7) is 2.24. The molecule has 0 radical (unpaired) electrons. The summed E-state index contributed by atoms with van der Waals surface area (Å²) in [4.78, 5) is 50.5. The van der Waals surface area contributed by atoms with Crippen LogP contribution in [0.3, 0.4) is 0 Å². The Morgan fingerprint density at radius 3 is 2.55 bits per heavy atom. The van der Waals surface area contributed by atoms with Crippen LogP contribution < -0.4 is 16.6 Å². The van der Waals surface area contributed by atoms with Crippen LogP contribution in [0.1, 0.15) is 43.1 Å². The number of hydrogen-bond acceptors (Lipinski definition) is 5. The van der Waals surface area contributed by atoms with Crippen LogP contribution in [-0.4, -0.2) is 33.8 Å². The van der Waals surface area contributed by atoms with Gasteiger partial charge in [0.2, 0.25) is 5.91 Å². The highest BCUT2D eigenvalue weighted by Crippen LogP contribution is 2.08. The quantitative estimate of drug-likeness (QED) is 0.357. The van der Waals surface area contributed by atoms with Gasteiger partial charge >= 0.3 is 11.7 Å². The first kappa shape index (κ1) is 18.1. The van der Waals surface area contributed by atoms with Crippen LogP contribution in [0.4, 0.5) is 5.69 Å². The summed E-state index contributed by atoms with van der Waals surface area (Å²) in [5, 5.41) is 2.19. The molecule has 1 rings (SSSR count). The molecule has 0 aromatic carbocycles. The van der Waals surface area contributed by atoms with E-state index in [9.17, 15) is 19.2 Å². The van der Waals surface area contributed by atoms with Crippen LogP contribution in [0, 0.1) is 0 Å². The molecule has 1 amide bonds. The largest absolute Gasteiger partial charge is 0.461 e. The van der Waals surface area contributed by atoms with Gasteiger partial charge in [0.05, 0.1) is 11.9 Å². The zero-order valence-corrected chi connectivity index (χ0v) is 13.7. The van der Waals surface area contributed by atoms with E-state index in [1.54, 1.807) is 0 Å². The molecular formula is C13H18BrN3O5. The van der Waals surface area contributed by atoms with Crippen molar-refractivity contribution in [3.8, 4) is 0 Å². The second-order valence-corrected chi connectivity index (χ2v) is 5.10. The molecule has 8 nitrogen and oxygen atoms in total. The topological polar surface area (TPSA) is 121 Å². The van der Waals surface area contributed by atoms with E-state index in [1.807, 2.05) is 4.98 Å². The van der Waals surface area contributed by atoms with E-state index in [0.29, 0.717) is 6.42 Å². The molecule has 22 heavy (non-hydrogen) atoms. The van der Waals surface area contributed by atoms with Crippen LogP contribution in [0.5, 0.6) is 0 Å². The van der Waals surface area contributed by atoms with E-state index in [4.69, 9.17) is 4.74 Å². The normalized spacial score (nSPS) is 10.3. The van der Waals surface area contributed by atoms with Crippen molar-refractivity contribution < 1.29 is 14.3 Å². The SMILES string of the molecule is CCCCCCOC(=O)c1[nH]c(=O)[nH]c(=O)c1NC(=O)CBr. The average Bonchev–Trinajstić information content (AvgIpc) is 2.49. The standard InChI is InChI=1S/C13H18BrN3O5/c1-2-3-4-5-6-22-12(20)10-9(15-8(18)7-14)11(19)17-13(21)16-10/h2-7H2,1H3,(H,15,18)(H2,16,17,19,21). The number of anilines is 1. The van der Waals surface area contributed by atoms with E-state index in [1.165, 1.54) is 0 Å². The van der Waals surface area contributed by atoms with Gasteiger partial charge in [0.15, 0.2) is 5.69 Å². The van der Waals surface area contributed by atoms with Crippen molar-refractivity contribution in [1.82, 2.24) is 9.97 Å². The first-order valence-corrected chi connectivity index (χ1v) is 8.01. The lowest BCUT2D eigenvalue weighted by molar-refractivity contribution is -0.113. The maximum atomic E-state index is 12.0. The molecule has 0 saturated heterocycles. The Morgan fingerprint density at radius 2 is 1.91 bits per heavy atom. The van der Waals surface area contributed by atoms with Crippen LogP contribution in [-0.2, 0) is 9.53 Å². The monoisotopic (exact) mass is 375 g/mol. The number of halogens is 1. The minimum absolute atomic E-state index is 0.0585. The first-order valence-electron chi connectivity index (χ1n) is 6.89. The van der Waals surface area contributed by atoms with Gasteiger partial charge in [0.1, 0.15) is 5.69 Å². The number of aromatic amines is 2. The molecule has 0 bridgehead atoms. The average molecular weight is 376 g/mol. The van der Waals surface area contributed by atoms with Gasteiger partial charge in [-0.25, -0.2) is 9.59 Å². The molecule has 0 atom stereocenters. The molecule has 0 spiro atoms. The lowest BCUT2D eigenvalue weighted by Gasteiger charge is -2.09. The van der Waals surface area contributed by atoms with E-state index in [-0.39, 0.29) is 23.3 Å². The van der Waals surface area contributed by atoms with Crippen molar-refractivity contribution in [2.24, 2.45) is 0 Å². The smallest absolute Gasteiger partial charge is 0.357 e. The lowest BCUT2D eigenvalue weighted by Crippen LogP contribution is -2.32. The van der Waals surface area contributed by atoms with Crippen LogP contribution in [0.15, 0.2) is 9.59 Å². The molecule has 0 saturated carbocycles. The summed E-state index contributed by atoms with van der Waals surface area (Å²) in [5.74, 6) is -1.39. The number of ether oxygens (including phenoxy) is 1. The van der Waals surface area contributed by atoms with E-state index in [0.717, 1.165) is 19.3 Å². The molecule has 0 fully saturated rings. The lowest BCUT2D eigenvalue weighted by atomic mass is 10.2. The summed E-state index contributed by atoms with van der Waals surface area (Å²) in [6, 6.07) is 0. The summed E-state index contributed by atoms with van der Waals surface area (Å²) in [7, 11) is 0. The molecule has 0 aliphatic rings. The van der Waals surface area contributed by atoms with Gasteiger partial charge in [0, 0.05) is 0 Å². The molecule has 0 aliphatic carbocycles. The summed E-state index contributed by atoms with van der Waals surface area (Å²) >= 11 is 2.93. The third-order valence-corrected chi connectivity index (χ3v) is 3.27. The van der Waals surface area contributed by atoms with Crippen molar-refractivity contribution in [2.45, 2.75) is 32.6 Å². The van der Waals surface area contributed by atoms with Crippen LogP contribution in [0.25, 0.3) is 0 Å². The molecular weight excluding hydrogens is 358 g/mol. The van der Waals surface area contributed by atoms with Gasteiger partial charge in [-0.3, -0.25) is 19.6 Å². The predicted molar refractivity (Wildman–Crippen MR) is 84.5 cm³/mol. The third kappa shape index (κ3) is 5.47. The zero-order valence-electron chi connectivity index (χ0n) is 12.2. The van der Waals surface area contributed by atoms with E-state index in [2.05, 4.69) is 33.2 Å². The summed E-state index contributed by atoms with van der Waals surface area (Å²) in [6.07, 6.45) is 3.70. The second kappa shape index (κ2) is 9.19. The molecule has 1 aromatic heterocycles. The number of carbonyl (C=O) groups is 2. The number of aromatic nitrogens is 2. The molecule has 1 aromatic rings. The number of hydrogen-bond donors (Lipinski definition) is 3. The number of carbonyl (C=O) groups excluding carboxylic acids is 2. The molecule has 9 heteroatoms. The Bertz CT molecular complexity index is 637. The molecule has 122 valence electrons. The van der Waals surface area contributed by atoms with Gasteiger partial charge in [-0.1, -0.05) is 42.1 Å². The van der Waals surface area contributed by atoms with Crippen molar-refractivity contribution in [1.29, 1.82) is 0 Å². The van der Waals surface area contributed by atoms with Crippen molar-refractivity contribution in [2.75, 3.05) is 17.3 Å². The molecule has 1 heterocycles. The number of esters is 1. The minimum atomic E-state index is -0.865. The van der Waals surface area contributed by atoms with E-state index < -0.39 is 23.1 Å². The Hall–Kier alpha value is -1.90. The van der Waals surface area contributed by atoms with Crippen molar-refractivity contribution in [3.05, 3.63) is 26.5 Å². The Morgan fingerprint density at radius 1 is 1.18 bits per heavy atom. The van der Waals surface area contributed by atoms with Crippen LogP contribution >= 0.6 is 15.9 Å². The summed E-state index contributed by atoms with van der Waals surface area (Å²) < 4.78 is 5.02. The maximum Gasteiger partial charge on any atom is 0.357 e. The highest BCUT2D eigenvalue weighted by Gasteiger charge is 2.19. The number of H-pyrrole nitrogens is 2. The Labute approximate surface area is 134 Å². The van der Waals surface area contributed by atoms with Gasteiger partial charge in [0.25, 0.3) is 5.56 Å². The predicted octanol–water partition coefficient (Wildman–Crippen LogP) is 1.13. The van der Waals surface area contributed by atoms with Gasteiger partial charge in [-0.05, 0) is 6.42 Å². The van der Waals surface area contributed by atoms with E-state index >= 15 is 0 Å². The van der Waals surface area contributed by atoms with Gasteiger partial charge in [-0.2, -0.15) is 0 Å². The fourth-order valence-corrected chi connectivity index (χ4v) is 1.84. The molecule has 0 unspecified atom stereocenters. The van der Waals surface area contributed by atoms with Crippen molar-refractivity contribution in [3.63, 3.8) is 0 Å². The Balaban J connectivity index is 2.87. The first-order chi connectivity index (χ1) is 10.5. The highest BCUT2D eigenvalue weighted by atomic mass is 79.9. The van der Waals surface area contributed by atoms with Gasteiger partial charge < -0.3 is 10.1 Å². The maximum absolute atomic E-state index is 12.0. The van der Waals surface area contributed by atoms with Crippen LogP contribution in [0.2, 0.25) is 0 Å². The number of alkyl halides is 1. The summed E-state index contributed by atoms with van der Waals surface area (Å²) in [5.41, 5.74) is -2.41. The zero-order chi connectivity index (χ0) is 16.5. The Kier molecular flexibility index (Phi) is 7.58. The molecule has 0 aliphatic heterocycles. The fourth-order valence-electron chi connectivity index (χ4n) is 1.70. The third-order valence-electron chi connectivity index (χ3n) is 2.76. The molecule has 3 N–H and O–H groups in total. The minimum Gasteiger partial charge on any atom is -0.461 e. The van der Waals surface area contributed by atoms with Crippen molar-refractivity contribution >= 4 is 33.5 Å². The van der Waals surface area contributed by atoms with Gasteiger partial charge in [-0.15, -0.1) is 0 Å². The number of rotatable bonds is 8. The number of unbranched alkanes of at least 4 members (excludes halogenated alkanes) is 3. The fraction of sp³-hybridized carbons (Fsp3) is 0.538. The second-order valence-electron chi connectivity index (χ2n) is 4.54. The highest BCUT2D eigenvalue weighted by molar-refractivity contribution is 9.09. The number of nitrogens with one attached hydrogen (secondary N) is 3.